The summed E-state index contributed by atoms with van der Waals surface area (Å²) in [6.45, 7) is 0. The number of thioether (sulfide) groups is 1. The van der Waals surface area contributed by atoms with Crippen molar-refractivity contribution in [3.05, 3.63) is 60.7 Å². The van der Waals surface area contributed by atoms with E-state index in [0.717, 1.165) is 5.49 Å². The minimum atomic E-state index is -0.749. The van der Waals surface area contributed by atoms with Crippen molar-refractivity contribution in [2.45, 2.75) is 0 Å². The van der Waals surface area contributed by atoms with Crippen molar-refractivity contribution in [1.82, 2.24) is 0 Å². The molecule has 0 bridgehead atoms. The lowest BCUT2D eigenvalue weighted by Gasteiger charge is -2.17. The summed E-state index contributed by atoms with van der Waals surface area (Å²) >= 11 is 1.49. The van der Waals surface area contributed by atoms with Crippen LogP contribution in [0.15, 0.2) is 60.7 Å². The van der Waals surface area contributed by atoms with Gasteiger partial charge in [0.2, 0.25) is 0 Å². The van der Waals surface area contributed by atoms with Gasteiger partial charge in [-0.25, -0.2) is 0 Å². The predicted molar refractivity (Wildman–Crippen MR) is 84.0 cm³/mol. The third kappa shape index (κ3) is 4.38. The third-order valence-corrected chi connectivity index (χ3v) is 6.64. The first-order chi connectivity index (χ1) is 9.27. The average Bonchev–Trinajstić information content (AvgIpc) is 2.45. The maximum absolute atomic E-state index is 10.6. The highest BCUT2D eigenvalue weighted by Crippen LogP contribution is 2.37. The van der Waals surface area contributed by atoms with Crippen molar-refractivity contribution in [2.75, 3.05) is 11.2 Å². The molecule has 0 unspecified atom stereocenters. The number of rotatable bonds is 6. The zero-order valence-electron chi connectivity index (χ0n) is 10.4. The third-order valence-electron chi connectivity index (χ3n) is 2.58. The second-order valence-corrected chi connectivity index (χ2v) is 7.59. The van der Waals surface area contributed by atoms with Gasteiger partial charge in [-0.2, -0.15) is 0 Å². The van der Waals surface area contributed by atoms with Crippen LogP contribution in [0.2, 0.25) is 0 Å². The lowest BCUT2D eigenvalue weighted by Crippen LogP contribution is -2.13. The molecule has 0 amide bonds. The van der Waals surface area contributed by atoms with E-state index in [2.05, 4.69) is 24.3 Å². The maximum atomic E-state index is 10.6. The van der Waals surface area contributed by atoms with Crippen LogP contribution in [0.25, 0.3) is 0 Å². The molecule has 0 fully saturated rings. The number of carboxylic acid groups (broad SMARTS) is 1. The van der Waals surface area contributed by atoms with Crippen LogP contribution in [0.4, 0.5) is 0 Å². The molecule has 0 aliphatic heterocycles. The van der Waals surface area contributed by atoms with E-state index in [9.17, 15) is 4.79 Å². The Balaban J connectivity index is 2.17. The molecule has 19 heavy (non-hydrogen) atoms. The predicted octanol–water partition coefficient (Wildman–Crippen LogP) is 2.89. The number of carboxylic acids is 1. The Kier molecular flexibility index (Phi) is 5.44. The van der Waals surface area contributed by atoms with Gasteiger partial charge in [-0.3, -0.25) is 4.79 Å². The van der Waals surface area contributed by atoms with E-state index in [1.165, 1.54) is 22.4 Å². The lowest BCUT2D eigenvalue weighted by molar-refractivity contribution is -0.133. The fourth-order valence-corrected chi connectivity index (χ4v) is 5.56. The number of benzene rings is 2. The maximum Gasteiger partial charge on any atom is 0.313 e. The molecule has 2 aromatic rings. The highest BCUT2D eigenvalue weighted by Gasteiger charge is 2.13. The molecule has 0 spiro atoms. The van der Waals surface area contributed by atoms with Crippen LogP contribution in [-0.2, 0) is 4.79 Å². The normalized spacial score (nSPS) is 10.6. The number of aliphatic carboxylic acids is 1. The van der Waals surface area contributed by atoms with E-state index in [1.807, 2.05) is 36.4 Å². The molecule has 2 aromatic carbocycles. The quantitative estimate of drug-likeness (QED) is 0.831. The van der Waals surface area contributed by atoms with E-state index >= 15 is 0 Å². The molecule has 1 N–H and O–H groups in total. The van der Waals surface area contributed by atoms with E-state index in [4.69, 9.17) is 5.11 Å². The molecule has 0 saturated carbocycles. The van der Waals surface area contributed by atoms with Crippen molar-refractivity contribution in [1.29, 1.82) is 0 Å². The van der Waals surface area contributed by atoms with Crippen LogP contribution in [0.1, 0.15) is 0 Å². The number of carbonyl (C=O) groups is 1. The van der Waals surface area contributed by atoms with Crippen LogP contribution in [0.3, 0.4) is 0 Å². The molecule has 4 heteroatoms. The Bertz CT molecular complexity index is 477. The Morgan fingerprint density at radius 3 is 1.84 bits per heavy atom. The molecular weight excluding hydrogens is 275 g/mol. The Hall–Kier alpha value is -1.31. The number of hydrogen-bond acceptors (Lipinski definition) is 2. The van der Waals surface area contributed by atoms with Gasteiger partial charge in [0.05, 0.1) is 5.75 Å². The van der Waals surface area contributed by atoms with Crippen LogP contribution < -0.4 is 10.6 Å². The fraction of sp³-hybridized carbons (Fsp3) is 0.133. The van der Waals surface area contributed by atoms with Gasteiger partial charge in [-0.05, 0) is 18.5 Å². The summed E-state index contributed by atoms with van der Waals surface area (Å²) < 4.78 is 0. The molecule has 0 radical (unpaired) electrons. The highest BCUT2D eigenvalue weighted by molar-refractivity contribution is 8.07. The summed E-state index contributed by atoms with van der Waals surface area (Å²) in [5, 5.41) is 11.3. The summed E-state index contributed by atoms with van der Waals surface area (Å²) in [7, 11) is -0.482. The van der Waals surface area contributed by atoms with Gasteiger partial charge < -0.3 is 5.11 Å². The summed E-state index contributed by atoms with van der Waals surface area (Å²) in [6, 6.07) is 20.7. The molecule has 0 aromatic heterocycles. The van der Waals surface area contributed by atoms with Gasteiger partial charge in [0, 0.05) is 5.49 Å². The van der Waals surface area contributed by atoms with Crippen LogP contribution in [0, 0.1) is 0 Å². The molecule has 0 saturated heterocycles. The molecule has 0 aliphatic rings. The minimum Gasteiger partial charge on any atom is -0.481 e. The highest BCUT2D eigenvalue weighted by atomic mass is 32.2. The first-order valence-electron chi connectivity index (χ1n) is 5.94. The number of hydrogen-bond donors (Lipinski definition) is 1. The second-order valence-electron chi connectivity index (χ2n) is 3.97. The van der Waals surface area contributed by atoms with Gasteiger partial charge >= 0.3 is 5.97 Å². The topological polar surface area (TPSA) is 37.3 Å². The Labute approximate surface area is 118 Å². The standard InChI is InChI=1S/C15H15O2PS/c16-15(17)11-19-12-18(13-7-3-1-4-8-13)14-9-5-2-6-10-14/h1-10H,11-12H2,(H,16,17). The Morgan fingerprint density at radius 1 is 0.947 bits per heavy atom. The van der Waals surface area contributed by atoms with Crippen LogP contribution in [0.5, 0.6) is 0 Å². The molecule has 98 valence electrons. The summed E-state index contributed by atoms with van der Waals surface area (Å²) in [5.74, 6) is -0.584. The molecule has 0 aliphatic carbocycles. The fourth-order valence-electron chi connectivity index (χ4n) is 1.74. The van der Waals surface area contributed by atoms with Gasteiger partial charge in [0.25, 0.3) is 0 Å². The summed E-state index contributed by atoms with van der Waals surface area (Å²) in [6.07, 6.45) is 0. The van der Waals surface area contributed by atoms with Crippen LogP contribution >= 0.6 is 19.7 Å². The zero-order chi connectivity index (χ0) is 13.5. The van der Waals surface area contributed by atoms with Crippen LogP contribution in [-0.4, -0.2) is 22.3 Å². The SMILES string of the molecule is O=C(O)CSCP(c1ccccc1)c1ccccc1. The van der Waals surface area contributed by atoms with E-state index in [0.29, 0.717) is 0 Å². The van der Waals surface area contributed by atoms with Crippen molar-refractivity contribution >= 4 is 36.3 Å². The van der Waals surface area contributed by atoms with Gasteiger partial charge in [0.15, 0.2) is 0 Å². The lowest BCUT2D eigenvalue weighted by atomic mass is 10.4. The van der Waals surface area contributed by atoms with Crippen molar-refractivity contribution < 1.29 is 9.90 Å². The van der Waals surface area contributed by atoms with E-state index < -0.39 is 13.9 Å². The van der Waals surface area contributed by atoms with Crippen molar-refractivity contribution in [2.24, 2.45) is 0 Å². The smallest absolute Gasteiger partial charge is 0.313 e. The molecule has 0 atom stereocenters. The Morgan fingerprint density at radius 2 is 1.42 bits per heavy atom. The van der Waals surface area contributed by atoms with Gasteiger partial charge in [0.1, 0.15) is 0 Å². The van der Waals surface area contributed by atoms with E-state index in [1.54, 1.807) is 0 Å². The molecule has 2 nitrogen and oxygen atoms in total. The van der Waals surface area contributed by atoms with Gasteiger partial charge in [-0.1, -0.05) is 60.7 Å². The summed E-state index contributed by atoms with van der Waals surface area (Å²) in [4.78, 5) is 10.6. The monoisotopic (exact) mass is 290 g/mol. The first-order valence-corrected chi connectivity index (χ1v) is 8.63. The molecule has 0 heterocycles. The van der Waals surface area contributed by atoms with E-state index in [-0.39, 0.29) is 5.75 Å². The molecular formula is C15H15O2PS. The second kappa shape index (κ2) is 7.32. The largest absolute Gasteiger partial charge is 0.481 e. The summed E-state index contributed by atoms with van der Waals surface area (Å²) in [5.41, 5.74) is 0.843. The van der Waals surface area contributed by atoms with Crippen molar-refractivity contribution in [3.63, 3.8) is 0 Å². The minimum absolute atomic E-state index is 0.165. The molecule has 2 rings (SSSR count). The average molecular weight is 290 g/mol. The van der Waals surface area contributed by atoms with Gasteiger partial charge in [-0.15, -0.1) is 11.8 Å². The first kappa shape index (κ1) is 14.1. The van der Waals surface area contributed by atoms with Crippen molar-refractivity contribution in [3.8, 4) is 0 Å². The zero-order valence-corrected chi connectivity index (χ0v) is 12.1.